The van der Waals surface area contributed by atoms with Crippen molar-refractivity contribution in [1.29, 1.82) is 0 Å². The topological polar surface area (TPSA) is 58.4 Å². The summed E-state index contributed by atoms with van der Waals surface area (Å²) < 4.78 is 0. The Morgan fingerprint density at radius 2 is 2.15 bits per heavy atom. The van der Waals surface area contributed by atoms with Crippen LogP contribution in [-0.4, -0.2) is 36.5 Å². The van der Waals surface area contributed by atoms with Crippen LogP contribution in [0.4, 0.5) is 0 Å². The van der Waals surface area contributed by atoms with Gasteiger partial charge in [-0.25, -0.2) is 0 Å². The summed E-state index contributed by atoms with van der Waals surface area (Å²) in [6.45, 7) is 14.6. The van der Waals surface area contributed by atoms with E-state index >= 15 is 0 Å². The van der Waals surface area contributed by atoms with Gasteiger partial charge in [-0.3, -0.25) is 4.79 Å². The second kappa shape index (κ2) is 9.28. The number of allylic oxidation sites excluding steroid dienone is 2. The van der Waals surface area contributed by atoms with E-state index in [1.807, 2.05) is 18.7 Å². The van der Waals surface area contributed by atoms with E-state index < -0.39 is 0 Å². The molecule has 5 heteroatoms. The Morgan fingerprint density at radius 1 is 1.42 bits per heavy atom. The lowest BCUT2D eigenvalue weighted by Crippen LogP contribution is -2.39. The minimum absolute atomic E-state index is 0.136. The number of hydrogen-bond acceptors (Lipinski definition) is 4. The van der Waals surface area contributed by atoms with Crippen LogP contribution in [0.25, 0.3) is 0 Å². The highest BCUT2D eigenvalue weighted by Gasteiger charge is 2.22. The lowest BCUT2D eigenvalue weighted by atomic mass is 9.96. The summed E-state index contributed by atoms with van der Waals surface area (Å²) in [7, 11) is 0. The zero-order chi connectivity index (χ0) is 19.3. The molecular weight excluding hydrogens is 342 g/mol. The molecule has 2 rings (SSSR count). The molecule has 3 N–H and O–H groups in total. The number of nitrogens with one attached hydrogen (secondary N) is 1. The Hall–Kier alpha value is -1.72. The maximum atomic E-state index is 13.2. The van der Waals surface area contributed by atoms with Crippen LogP contribution in [0.1, 0.15) is 47.3 Å². The third-order valence-electron chi connectivity index (χ3n) is 4.74. The molecule has 1 aliphatic heterocycles. The average molecular weight is 374 g/mol. The van der Waals surface area contributed by atoms with E-state index in [-0.39, 0.29) is 5.91 Å². The van der Waals surface area contributed by atoms with Crippen LogP contribution in [0, 0.1) is 13.8 Å². The highest BCUT2D eigenvalue weighted by molar-refractivity contribution is 8.06. The molecule has 1 aliphatic rings. The molecule has 1 amide bonds. The quantitative estimate of drug-likeness (QED) is 0.825. The first-order valence-corrected chi connectivity index (χ1v) is 10.0. The summed E-state index contributed by atoms with van der Waals surface area (Å²) in [6.07, 6.45) is 3.82. The average Bonchev–Trinajstić information content (AvgIpc) is 2.80. The van der Waals surface area contributed by atoms with E-state index in [2.05, 4.69) is 44.0 Å². The van der Waals surface area contributed by atoms with E-state index in [0.717, 1.165) is 48.5 Å². The molecule has 0 spiro atoms. The van der Waals surface area contributed by atoms with Crippen molar-refractivity contribution in [1.82, 2.24) is 10.2 Å². The van der Waals surface area contributed by atoms with Gasteiger partial charge in [0.05, 0.1) is 5.03 Å². The predicted molar refractivity (Wildman–Crippen MR) is 112 cm³/mol. The monoisotopic (exact) mass is 373 g/mol. The highest BCUT2D eigenvalue weighted by atomic mass is 32.2. The van der Waals surface area contributed by atoms with Crippen molar-refractivity contribution in [2.75, 3.05) is 19.6 Å². The van der Waals surface area contributed by atoms with E-state index in [1.54, 1.807) is 0 Å². The molecule has 1 atom stereocenters. The van der Waals surface area contributed by atoms with Gasteiger partial charge >= 0.3 is 0 Å². The molecular formula is C21H31N3OS. The van der Waals surface area contributed by atoms with Gasteiger partial charge in [-0.1, -0.05) is 30.5 Å². The summed E-state index contributed by atoms with van der Waals surface area (Å²) in [5, 5.41) is 4.03. The normalized spacial score (nSPS) is 18.5. The van der Waals surface area contributed by atoms with Crippen LogP contribution in [0.3, 0.4) is 0 Å². The lowest BCUT2D eigenvalue weighted by molar-refractivity contribution is 0.0754. The lowest BCUT2D eigenvalue weighted by Gasteiger charge is -2.24. The molecule has 1 aromatic rings. The van der Waals surface area contributed by atoms with Gasteiger partial charge in [-0.2, -0.15) is 0 Å². The first-order valence-electron chi connectivity index (χ1n) is 9.22. The number of rotatable bonds is 5. The summed E-state index contributed by atoms with van der Waals surface area (Å²) in [5.41, 5.74) is 9.97. The molecule has 142 valence electrons. The number of thioether (sulfide) groups is 1. The summed E-state index contributed by atoms with van der Waals surface area (Å²) in [4.78, 5) is 16.3. The standard InChI is InChI=1S/C21H31N3OS/c1-6-19(26-17(5)22)11-18-12-20(15(3)10-14(18)2)21(25)24-9-7-8-23-16(4)13-24/h6,10,12,16,23H,5,7-9,11,13,22H2,1-4H3/b19-6-/t16-/m1/s1. The molecule has 0 radical (unpaired) electrons. The Bertz CT molecular complexity index is 711. The molecule has 1 aromatic carbocycles. The molecule has 0 bridgehead atoms. The Morgan fingerprint density at radius 3 is 2.81 bits per heavy atom. The smallest absolute Gasteiger partial charge is 0.254 e. The van der Waals surface area contributed by atoms with Gasteiger partial charge < -0.3 is 16.0 Å². The van der Waals surface area contributed by atoms with Crippen molar-refractivity contribution >= 4 is 17.7 Å². The Labute approximate surface area is 161 Å². The fourth-order valence-electron chi connectivity index (χ4n) is 3.33. The SMILES string of the molecule is C=C(N)S/C(=C\C)Cc1cc(C(=O)N2CCCN[C@H](C)C2)c(C)cc1C. The van der Waals surface area contributed by atoms with Crippen LogP contribution in [0.15, 0.2) is 34.7 Å². The van der Waals surface area contributed by atoms with E-state index in [1.165, 1.54) is 22.9 Å². The minimum atomic E-state index is 0.136. The molecule has 4 nitrogen and oxygen atoms in total. The molecule has 0 unspecified atom stereocenters. The summed E-state index contributed by atoms with van der Waals surface area (Å²) in [5.74, 6) is 0.136. The maximum Gasteiger partial charge on any atom is 0.254 e. The van der Waals surface area contributed by atoms with Crippen molar-refractivity contribution in [2.24, 2.45) is 5.73 Å². The van der Waals surface area contributed by atoms with Crippen molar-refractivity contribution in [3.8, 4) is 0 Å². The van der Waals surface area contributed by atoms with E-state index in [0.29, 0.717) is 11.1 Å². The molecule has 26 heavy (non-hydrogen) atoms. The van der Waals surface area contributed by atoms with Gasteiger partial charge in [0.2, 0.25) is 0 Å². The number of hydrogen-bond donors (Lipinski definition) is 2. The summed E-state index contributed by atoms with van der Waals surface area (Å²) in [6, 6.07) is 4.52. The first kappa shape index (κ1) is 20.6. The third-order valence-corrected chi connectivity index (χ3v) is 5.65. The van der Waals surface area contributed by atoms with Crippen molar-refractivity contribution in [3.05, 3.63) is 57.0 Å². The van der Waals surface area contributed by atoms with Gasteiger partial charge in [0, 0.05) is 31.1 Å². The van der Waals surface area contributed by atoms with Crippen molar-refractivity contribution < 1.29 is 4.79 Å². The molecule has 0 aromatic heterocycles. The van der Waals surface area contributed by atoms with Crippen molar-refractivity contribution in [2.45, 2.75) is 46.6 Å². The second-order valence-electron chi connectivity index (χ2n) is 7.05. The molecule has 0 aliphatic carbocycles. The Kier molecular flexibility index (Phi) is 7.35. The molecule has 0 saturated carbocycles. The van der Waals surface area contributed by atoms with E-state index in [9.17, 15) is 4.79 Å². The summed E-state index contributed by atoms with van der Waals surface area (Å²) >= 11 is 1.49. The maximum absolute atomic E-state index is 13.2. The second-order valence-corrected chi connectivity index (χ2v) is 8.31. The number of carbonyl (C=O) groups excluding carboxylic acids is 1. The number of nitrogens with zero attached hydrogens (tertiary/aromatic N) is 1. The molecule has 1 fully saturated rings. The predicted octanol–water partition coefficient (Wildman–Crippen LogP) is 3.74. The van der Waals surface area contributed by atoms with Gasteiger partial charge in [-0.15, -0.1) is 0 Å². The van der Waals surface area contributed by atoms with Gasteiger partial charge in [0.25, 0.3) is 5.91 Å². The third kappa shape index (κ3) is 5.39. The highest BCUT2D eigenvalue weighted by Crippen LogP contribution is 2.27. The van der Waals surface area contributed by atoms with Crippen LogP contribution in [-0.2, 0) is 6.42 Å². The molecule has 1 saturated heterocycles. The van der Waals surface area contributed by atoms with Gasteiger partial charge in [0.15, 0.2) is 0 Å². The fraction of sp³-hybridized carbons (Fsp3) is 0.476. The number of carbonyl (C=O) groups is 1. The number of aryl methyl sites for hydroxylation is 2. The minimum Gasteiger partial charge on any atom is -0.394 e. The molecule has 1 heterocycles. The van der Waals surface area contributed by atoms with Crippen LogP contribution >= 0.6 is 11.8 Å². The Balaban J connectivity index is 2.28. The van der Waals surface area contributed by atoms with Crippen LogP contribution < -0.4 is 11.1 Å². The van der Waals surface area contributed by atoms with Gasteiger partial charge in [0.1, 0.15) is 0 Å². The first-order chi connectivity index (χ1) is 12.3. The number of amides is 1. The zero-order valence-electron chi connectivity index (χ0n) is 16.4. The van der Waals surface area contributed by atoms with Gasteiger partial charge in [-0.05, 0) is 68.3 Å². The van der Waals surface area contributed by atoms with Crippen LogP contribution in [0.2, 0.25) is 0 Å². The number of benzene rings is 1. The van der Waals surface area contributed by atoms with Crippen LogP contribution in [0.5, 0.6) is 0 Å². The number of nitrogens with two attached hydrogens (primary N) is 1. The zero-order valence-corrected chi connectivity index (χ0v) is 17.2. The largest absolute Gasteiger partial charge is 0.394 e. The van der Waals surface area contributed by atoms with Crippen molar-refractivity contribution in [3.63, 3.8) is 0 Å². The fourth-order valence-corrected chi connectivity index (χ4v) is 4.01. The van der Waals surface area contributed by atoms with E-state index in [4.69, 9.17) is 5.73 Å².